The molecule has 0 radical (unpaired) electrons. The maximum atomic E-state index is 13.4. The molecule has 3 aromatic rings. The van der Waals surface area contributed by atoms with Gasteiger partial charge in [0.2, 0.25) is 0 Å². The van der Waals surface area contributed by atoms with Crippen LogP contribution in [0.1, 0.15) is 48.6 Å². The van der Waals surface area contributed by atoms with Gasteiger partial charge >= 0.3 is 0 Å². The number of aliphatic hydroxyl groups excluding tert-OH is 1. The van der Waals surface area contributed by atoms with E-state index in [1.807, 2.05) is 56.3 Å². The van der Waals surface area contributed by atoms with Crippen LogP contribution in [-0.2, 0) is 27.4 Å². The molecule has 0 bridgehead atoms. The molecule has 8 nitrogen and oxygen atoms in total. The molecule has 2 aliphatic heterocycles. The lowest BCUT2D eigenvalue weighted by atomic mass is 9.94. The quantitative estimate of drug-likeness (QED) is 0.145. The standard InChI is InChI=1S/C33H35NO7/c1-4-39-28-19-23(11-14-27(28)40-20-22-9-6-5-7-10-22)30-29(32(36)33(37)34(30)15-8-16-38-3)31(35)24-12-13-26-25(18-24)17-21(2)41-26/h5-7,9-14,18-19,21,30,35H,4,8,15-17,20H2,1-3H3/b31-29+/t21-,30+/m0/s1. The van der Waals surface area contributed by atoms with E-state index in [9.17, 15) is 14.7 Å². The molecule has 2 atom stereocenters. The van der Waals surface area contributed by atoms with Crippen molar-refractivity contribution in [1.29, 1.82) is 0 Å². The molecule has 3 aromatic carbocycles. The molecule has 2 aliphatic rings. The second-order valence-electron chi connectivity index (χ2n) is 10.2. The number of benzene rings is 3. The number of hydrogen-bond donors (Lipinski definition) is 1. The minimum absolute atomic E-state index is 0.0355. The van der Waals surface area contributed by atoms with Crippen LogP contribution in [0.5, 0.6) is 17.2 Å². The third-order valence-corrected chi connectivity index (χ3v) is 7.28. The second kappa shape index (κ2) is 12.5. The summed E-state index contributed by atoms with van der Waals surface area (Å²) in [5.74, 6) is 0.200. The highest BCUT2D eigenvalue weighted by Gasteiger charge is 2.46. The van der Waals surface area contributed by atoms with E-state index in [1.54, 1.807) is 31.4 Å². The smallest absolute Gasteiger partial charge is 0.295 e. The summed E-state index contributed by atoms with van der Waals surface area (Å²) in [6.07, 6.45) is 1.27. The minimum Gasteiger partial charge on any atom is -0.507 e. The molecular formula is C33H35NO7. The molecule has 8 heteroatoms. The first-order valence-electron chi connectivity index (χ1n) is 13.9. The Balaban J connectivity index is 1.55. The first-order valence-corrected chi connectivity index (χ1v) is 13.9. The van der Waals surface area contributed by atoms with Crippen LogP contribution in [0.2, 0.25) is 0 Å². The van der Waals surface area contributed by atoms with Crippen LogP contribution in [0.25, 0.3) is 5.76 Å². The van der Waals surface area contributed by atoms with Crippen molar-refractivity contribution in [3.05, 3.63) is 94.6 Å². The van der Waals surface area contributed by atoms with E-state index in [-0.39, 0.29) is 24.0 Å². The highest BCUT2D eigenvalue weighted by molar-refractivity contribution is 6.46. The van der Waals surface area contributed by atoms with Crippen molar-refractivity contribution in [2.75, 3.05) is 26.9 Å². The molecule has 1 saturated heterocycles. The summed E-state index contributed by atoms with van der Waals surface area (Å²) in [4.78, 5) is 28.3. The zero-order valence-corrected chi connectivity index (χ0v) is 23.6. The van der Waals surface area contributed by atoms with Crippen LogP contribution in [-0.4, -0.2) is 54.7 Å². The van der Waals surface area contributed by atoms with E-state index in [4.69, 9.17) is 18.9 Å². The monoisotopic (exact) mass is 557 g/mol. The fraction of sp³-hybridized carbons (Fsp3) is 0.333. The fourth-order valence-electron chi connectivity index (χ4n) is 5.38. The van der Waals surface area contributed by atoms with Crippen molar-refractivity contribution < 1.29 is 33.6 Å². The number of fused-ring (bicyclic) bond motifs is 1. The number of Topliss-reactive ketones (excluding diaryl/α,β-unsaturated/α-hetero) is 1. The highest BCUT2D eigenvalue weighted by Crippen LogP contribution is 2.43. The Labute approximate surface area is 240 Å². The number of ketones is 1. The average molecular weight is 558 g/mol. The number of likely N-dealkylation sites (tertiary alicyclic amines) is 1. The Bertz CT molecular complexity index is 1450. The first kappa shape index (κ1) is 28.2. The van der Waals surface area contributed by atoms with Crippen LogP contribution in [0.15, 0.2) is 72.3 Å². The number of amides is 1. The summed E-state index contributed by atoms with van der Waals surface area (Å²) in [7, 11) is 1.59. The Hall–Kier alpha value is -4.30. The third-order valence-electron chi connectivity index (χ3n) is 7.28. The van der Waals surface area contributed by atoms with E-state index in [0.29, 0.717) is 55.3 Å². The zero-order chi connectivity index (χ0) is 28.9. The first-order chi connectivity index (χ1) is 19.9. The lowest BCUT2D eigenvalue weighted by Crippen LogP contribution is -2.31. The van der Waals surface area contributed by atoms with Crippen molar-refractivity contribution in [2.24, 2.45) is 0 Å². The van der Waals surface area contributed by atoms with Gasteiger partial charge in [0, 0.05) is 32.2 Å². The summed E-state index contributed by atoms with van der Waals surface area (Å²) in [5, 5.41) is 11.5. The Kier molecular flexibility index (Phi) is 8.59. The third kappa shape index (κ3) is 5.93. The molecule has 0 aromatic heterocycles. The Morgan fingerprint density at radius 2 is 1.83 bits per heavy atom. The summed E-state index contributed by atoms with van der Waals surface area (Å²) in [6, 6.07) is 19.7. The lowest BCUT2D eigenvalue weighted by molar-refractivity contribution is -0.140. The van der Waals surface area contributed by atoms with E-state index in [1.165, 1.54) is 4.90 Å². The Morgan fingerprint density at radius 3 is 2.59 bits per heavy atom. The van der Waals surface area contributed by atoms with Gasteiger partial charge in [0.25, 0.3) is 11.7 Å². The zero-order valence-electron chi connectivity index (χ0n) is 23.6. The van der Waals surface area contributed by atoms with Gasteiger partial charge in [-0.3, -0.25) is 9.59 Å². The van der Waals surface area contributed by atoms with Gasteiger partial charge in [-0.1, -0.05) is 36.4 Å². The average Bonchev–Trinajstić information content (AvgIpc) is 3.48. The van der Waals surface area contributed by atoms with Crippen molar-refractivity contribution in [3.63, 3.8) is 0 Å². The van der Waals surface area contributed by atoms with E-state index in [2.05, 4.69) is 0 Å². The molecule has 0 saturated carbocycles. The van der Waals surface area contributed by atoms with Crippen LogP contribution in [0.3, 0.4) is 0 Å². The number of nitrogens with zero attached hydrogens (tertiary/aromatic N) is 1. The molecule has 1 N–H and O–H groups in total. The normalized spacial score (nSPS) is 19.2. The van der Waals surface area contributed by atoms with Crippen molar-refractivity contribution in [1.82, 2.24) is 4.90 Å². The number of rotatable bonds is 11. The molecule has 0 spiro atoms. The van der Waals surface area contributed by atoms with Crippen LogP contribution in [0.4, 0.5) is 0 Å². The van der Waals surface area contributed by atoms with Crippen molar-refractivity contribution in [3.8, 4) is 17.2 Å². The van der Waals surface area contributed by atoms with Gasteiger partial charge in [-0.25, -0.2) is 0 Å². The van der Waals surface area contributed by atoms with E-state index < -0.39 is 17.7 Å². The number of ether oxygens (including phenoxy) is 4. The van der Waals surface area contributed by atoms with E-state index in [0.717, 1.165) is 16.9 Å². The maximum absolute atomic E-state index is 13.4. The summed E-state index contributed by atoms with van der Waals surface area (Å²) in [6.45, 7) is 5.32. The summed E-state index contributed by atoms with van der Waals surface area (Å²) < 4.78 is 23.0. The molecule has 5 rings (SSSR count). The van der Waals surface area contributed by atoms with Gasteiger partial charge in [-0.2, -0.15) is 0 Å². The molecular weight excluding hydrogens is 522 g/mol. The van der Waals surface area contributed by atoms with Gasteiger partial charge < -0.3 is 29.0 Å². The fourth-order valence-corrected chi connectivity index (χ4v) is 5.38. The summed E-state index contributed by atoms with van der Waals surface area (Å²) in [5.41, 5.74) is 3.11. The topological polar surface area (TPSA) is 94.5 Å². The van der Waals surface area contributed by atoms with Gasteiger partial charge in [0.15, 0.2) is 11.5 Å². The van der Waals surface area contributed by atoms with Gasteiger partial charge in [-0.15, -0.1) is 0 Å². The van der Waals surface area contributed by atoms with Gasteiger partial charge in [-0.05, 0) is 67.3 Å². The molecule has 2 heterocycles. The molecule has 214 valence electrons. The largest absolute Gasteiger partial charge is 0.507 e. The number of hydrogen-bond acceptors (Lipinski definition) is 7. The predicted octanol–water partition coefficient (Wildman–Crippen LogP) is 5.45. The molecule has 0 unspecified atom stereocenters. The van der Waals surface area contributed by atoms with Crippen LogP contribution >= 0.6 is 0 Å². The predicted molar refractivity (Wildman–Crippen MR) is 154 cm³/mol. The van der Waals surface area contributed by atoms with E-state index >= 15 is 0 Å². The highest BCUT2D eigenvalue weighted by atomic mass is 16.5. The van der Waals surface area contributed by atoms with Crippen LogP contribution < -0.4 is 14.2 Å². The number of methoxy groups -OCH3 is 1. The van der Waals surface area contributed by atoms with Gasteiger partial charge in [0.1, 0.15) is 24.2 Å². The SMILES string of the molecule is CCOc1cc([C@@H]2/C(=C(\O)c3ccc4c(c3)C[C@H](C)O4)C(=O)C(=O)N2CCCOC)ccc1OCc1ccccc1. The molecule has 41 heavy (non-hydrogen) atoms. The molecule has 0 aliphatic carbocycles. The van der Waals surface area contributed by atoms with Crippen LogP contribution in [0, 0.1) is 0 Å². The maximum Gasteiger partial charge on any atom is 0.295 e. The lowest BCUT2D eigenvalue weighted by Gasteiger charge is -2.26. The number of carbonyl (C=O) groups excluding carboxylic acids is 2. The number of carbonyl (C=O) groups is 2. The molecule has 1 fully saturated rings. The summed E-state index contributed by atoms with van der Waals surface area (Å²) >= 11 is 0. The minimum atomic E-state index is -0.808. The van der Waals surface area contributed by atoms with Crippen molar-refractivity contribution >= 4 is 17.4 Å². The Morgan fingerprint density at radius 1 is 1.02 bits per heavy atom. The second-order valence-corrected chi connectivity index (χ2v) is 10.2. The molecule has 1 amide bonds. The van der Waals surface area contributed by atoms with Crippen molar-refractivity contribution in [2.45, 2.75) is 45.4 Å². The van der Waals surface area contributed by atoms with Gasteiger partial charge in [0.05, 0.1) is 18.2 Å². The number of aliphatic hydroxyl groups is 1.